The average molecular weight is 1860 g/mol. The van der Waals surface area contributed by atoms with Gasteiger partial charge in [-0.05, 0) is 328 Å². The number of benzene rings is 24. The summed E-state index contributed by atoms with van der Waals surface area (Å²) in [6.07, 6.45) is -4.40. The molecule has 0 amide bonds. The molecule has 0 bridgehead atoms. The summed E-state index contributed by atoms with van der Waals surface area (Å²) in [6, 6.07) is 192. The Kier molecular flexibility index (Phi) is 25.4. The highest BCUT2D eigenvalue weighted by Gasteiger charge is 2.31. The first-order valence-corrected chi connectivity index (χ1v) is 49.1. The maximum atomic E-state index is 13.4. The van der Waals surface area contributed by atoms with Gasteiger partial charge in [0.2, 0.25) is 0 Å². The van der Waals surface area contributed by atoms with Gasteiger partial charge in [-0.15, -0.1) is 0 Å². The molecule has 24 aromatic carbocycles. The van der Waals surface area contributed by atoms with Crippen molar-refractivity contribution in [3.05, 3.63) is 563 Å². The van der Waals surface area contributed by atoms with Gasteiger partial charge in [0.15, 0.2) is 0 Å². The van der Waals surface area contributed by atoms with Gasteiger partial charge in [0.05, 0.1) is 5.56 Å². The number of aryl methyl sites for hydroxylation is 1. The number of hydrogen-bond donors (Lipinski definition) is 0. The number of nitrogens with zero attached hydrogens (tertiary/aromatic N) is 3. The lowest BCUT2D eigenvalue weighted by atomic mass is 9.85. The Hall–Kier alpha value is -18.0. The molecule has 24 aromatic rings. The fourth-order valence-electron chi connectivity index (χ4n) is 20.7. The Morgan fingerprint density at radius 2 is 0.333 bits per heavy atom. The van der Waals surface area contributed by atoms with Gasteiger partial charge in [-0.2, -0.15) is 13.2 Å². The molecule has 6 heteroatoms. The molecule has 0 spiro atoms. The second-order valence-corrected chi connectivity index (χ2v) is 37.7. The van der Waals surface area contributed by atoms with E-state index in [9.17, 15) is 13.2 Å². The standard InChI is InChI=1S/C48H39N.C45H30F3N.C45H33N/c1-48(2,3)38-26-30-41(31-27-38)49(39-19-11-6-12-20-39)40-28-23-34(24-29-40)37-25-32-44-45(33-37)47(36-17-9-5-10-18-36)43-22-14-13-21-42(43)46(44)35-15-7-4-8-16-35;46-45(47,48)35-23-27-38(28-24-35)49(36-16-8-3-9-17-36)37-25-20-31(21-26-37)34-22-29-41-42(30-34)44(33-14-6-2-7-15-33)40-19-11-10-18-39(40)43(41)32-12-4-1-5-13-32;1-32-14-13-21-39(30-32)46(37-19-9-4-10-20-37)38-27-24-33(25-28-38)36-26-29-42-43(31-36)45(35-17-7-3-8-18-35)41-23-12-11-22-40(41)44(42)34-15-5-2-6-16-34/h4-33H,1-3H3;1-30H;2-31H,1H3. The quantitative estimate of drug-likeness (QED) is 0.0793. The second kappa shape index (κ2) is 40.1. The van der Waals surface area contributed by atoms with Crippen LogP contribution < -0.4 is 14.7 Å². The Labute approximate surface area is 839 Å². The lowest BCUT2D eigenvalue weighted by Crippen LogP contribution is -2.13. The lowest BCUT2D eigenvalue weighted by Gasteiger charge is -2.27. The molecule has 690 valence electrons. The van der Waals surface area contributed by atoms with Gasteiger partial charge in [-0.1, -0.05) is 427 Å². The molecule has 0 saturated heterocycles. The van der Waals surface area contributed by atoms with Gasteiger partial charge in [-0.3, -0.25) is 0 Å². The van der Waals surface area contributed by atoms with Crippen LogP contribution in [0.4, 0.5) is 64.4 Å². The highest BCUT2D eigenvalue weighted by atomic mass is 19.4. The Morgan fingerprint density at radius 3 is 0.569 bits per heavy atom. The van der Waals surface area contributed by atoms with E-state index in [0.29, 0.717) is 5.69 Å². The Balaban J connectivity index is 0.000000123. The minimum absolute atomic E-state index is 0.103. The number of para-hydroxylation sites is 3. The maximum absolute atomic E-state index is 13.4. The minimum atomic E-state index is -4.40. The first-order valence-electron chi connectivity index (χ1n) is 49.1. The van der Waals surface area contributed by atoms with E-state index in [1.54, 1.807) is 0 Å². The van der Waals surface area contributed by atoms with Crippen LogP contribution in [0.1, 0.15) is 37.5 Å². The van der Waals surface area contributed by atoms with E-state index in [-0.39, 0.29) is 5.41 Å². The van der Waals surface area contributed by atoms with Gasteiger partial charge < -0.3 is 14.7 Å². The molecule has 0 atom stereocenters. The van der Waals surface area contributed by atoms with Gasteiger partial charge in [0, 0.05) is 51.2 Å². The summed E-state index contributed by atoms with van der Waals surface area (Å²) < 4.78 is 40.1. The molecule has 0 saturated carbocycles. The summed E-state index contributed by atoms with van der Waals surface area (Å²) in [4.78, 5) is 6.63. The number of halogens is 3. The van der Waals surface area contributed by atoms with E-state index in [4.69, 9.17) is 0 Å². The molecule has 0 aliphatic rings. The van der Waals surface area contributed by atoms with Crippen molar-refractivity contribution in [1.29, 1.82) is 0 Å². The van der Waals surface area contributed by atoms with Crippen molar-refractivity contribution in [2.75, 3.05) is 14.7 Å². The van der Waals surface area contributed by atoms with Crippen LogP contribution in [0.5, 0.6) is 0 Å². The number of rotatable bonds is 18. The van der Waals surface area contributed by atoms with Crippen LogP contribution >= 0.6 is 0 Å². The third kappa shape index (κ3) is 18.6. The SMILES string of the molecule is CC(C)(C)c1ccc(N(c2ccccc2)c2ccc(-c3ccc4c(-c5ccccc5)c5ccccc5c(-c5ccccc5)c4c3)cc2)cc1.Cc1cccc(N(c2ccccc2)c2ccc(-c3ccc4c(-c5ccccc5)c5ccccc5c(-c5ccccc5)c4c3)cc2)c1.FC(F)(F)c1ccc(N(c2ccccc2)c2ccc(-c3ccc4c(-c5ccccc5)c5ccccc5c(-c5ccccc5)c4c3)cc2)cc1. The number of fused-ring (bicyclic) bond motifs is 6. The van der Waals surface area contributed by atoms with Crippen molar-refractivity contribution in [3.63, 3.8) is 0 Å². The second-order valence-electron chi connectivity index (χ2n) is 37.7. The third-order valence-electron chi connectivity index (χ3n) is 27.6. The zero-order chi connectivity index (χ0) is 97.6. The fraction of sp³-hybridized carbons (Fsp3) is 0.0435. The molecule has 144 heavy (non-hydrogen) atoms. The van der Waals surface area contributed by atoms with E-state index in [1.807, 2.05) is 59.5 Å². The van der Waals surface area contributed by atoms with E-state index in [0.717, 1.165) is 74.3 Å². The zero-order valence-electron chi connectivity index (χ0n) is 80.4. The molecule has 0 unspecified atom stereocenters. The molecule has 3 nitrogen and oxygen atoms in total. The first kappa shape index (κ1) is 91.1. The monoisotopic (exact) mass is 1860 g/mol. The maximum Gasteiger partial charge on any atom is 0.416 e. The summed E-state index contributed by atoms with van der Waals surface area (Å²) in [6.45, 7) is 8.92. The Morgan fingerprint density at radius 1 is 0.146 bits per heavy atom. The molecule has 0 fully saturated rings. The van der Waals surface area contributed by atoms with Crippen molar-refractivity contribution < 1.29 is 13.2 Å². The van der Waals surface area contributed by atoms with Crippen molar-refractivity contribution in [2.24, 2.45) is 0 Å². The smallest absolute Gasteiger partial charge is 0.311 e. The summed E-state index contributed by atoms with van der Waals surface area (Å²) in [7, 11) is 0. The van der Waals surface area contributed by atoms with E-state index in [1.165, 1.54) is 171 Å². The van der Waals surface area contributed by atoms with Crippen LogP contribution in [0.2, 0.25) is 0 Å². The largest absolute Gasteiger partial charge is 0.416 e. The predicted octanol–water partition coefficient (Wildman–Crippen LogP) is 40.0. The summed E-state index contributed by atoms with van der Waals surface area (Å²) >= 11 is 0. The van der Waals surface area contributed by atoms with Crippen LogP contribution in [-0.4, -0.2) is 0 Å². The highest BCUT2D eigenvalue weighted by Crippen LogP contribution is 2.52. The first-order chi connectivity index (χ1) is 70.6. The Bertz CT molecular complexity index is 8320. The van der Waals surface area contributed by atoms with E-state index >= 15 is 0 Å². The zero-order valence-corrected chi connectivity index (χ0v) is 80.4. The fourth-order valence-corrected chi connectivity index (χ4v) is 20.7. The van der Waals surface area contributed by atoms with Gasteiger partial charge >= 0.3 is 6.18 Å². The summed E-state index contributed by atoms with van der Waals surface area (Å²) in [5, 5.41) is 14.9. The van der Waals surface area contributed by atoms with Crippen LogP contribution in [0.25, 0.3) is 165 Å². The minimum Gasteiger partial charge on any atom is -0.311 e. The predicted molar refractivity (Wildman–Crippen MR) is 606 cm³/mol. The van der Waals surface area contributed by atoms with E-state index < -0.39 is 11.7 Å². The number of hydrogen-bond acceptors (Lipinski definition) is 3. The molecule has 0 aliphatic carbocycles. The topological polar surface area (TPSA) is 9.72 Å². The lowest BCUT2D eigenvalue weighted by molar-refractivity contribution is -0.137. The summed E-state index contributed by atoms with van der Waals surface area (Å²) in [5.41, 5.74) is 32.8. The molecular formula is C138H102F3N3. The molecule has 0 heterocycles. The van der Waals surface area contributed by atoms with Crippen molar-refractivity contribution in [3.8, 4) is 100 Å². The van der Waals surface area contributed by atoms with Crippen molar-refractivity contribution in [2.45, 2.75) is 39.3 Å². The average Bonchev–Trinajstić information content (AvgIpc) is 0.736. The molecule has 0 radical (unpaired) electrons. The van der Waals surface area contributed by atoms with Crippen molar-refractivity contribution in [1.82, 2.24) is 0 Å². The van der Waals surface area contributed by atoms with Crippen LogP contribution in [0.15, 0.2) is 546 Å². The summed E-state index contributed by atoms with van der Waals surface area (Å²) in [5.74, 6) is 0. The van der Waals surface area contributed by atoms with E-state index in [2.05, 4.69) is 505 Å². The normalized spacial score (nSPS) is 11.4. The van der Waals surface area contributed by atoms with Gasteiger partial charge in [0.1, 0.15) is 0 Å². The van der Waals surface area contributed by atoms with Crippen molar-refractivity contribution >= 4 is 116 Å². The van der Waals surface area contributed by atoms with Crippen LogP contribution in [0, 0.1) is 6.92 Å². The van der Waals surface area contributed by atoms with Crippen LogP contribution in [-0.2, 0) is 11.6 Å². The molecule has 0 aliphatic heterocycles. The van der Waals surface area contributed by atoms with Gasteiger partial charge in [0.25, 0.3) is 0 Å². The molecule has 0 aromatic heterocycles. The van der Waals surface area contributed by atoms with Crippen LogP contribution in [0.3, 0.4) is 0 Å². The number of alkyl halides is 3. The van der Waals surface area contributed by atoms with Gasteiger partial charge in [-0.25, -0.2) is 0 Å². The molecular weight excluding hydrogens is 1760 g/mol. The molecule has 24 rings (SSSR count). The highest BCUT2D eigenvalue weighted by molar-refractivity contribution is 6.25. The number of anilines is 9. The molecule has 0 N–H and O–H groups in total. The third-order valence-corrected chi connectivity index (χ3v) is 27.6.